The van der Waals surface area contributed by atoms with E-state index < -0.39 is 5.91 Å². The van der Waals surface area contributed by atoms with Crippen molar-refractivity contribution in [1.82, 2.24) is 14.8 Å². The van der Waals surface area contributed by atoms with Gasteiger partial charge in [0.2, 0.25) is 0 Å². The number of carbonyl (C=O) groups is 2. The summed E-state index contributed by atoms with van der Waals surface area (Å²) in [6, 6.07) is 6.36. The average Bonchev–Trinajstić information content (AvgIpc) is 3.04. The third-order valence-corrected chi connectivity index (χ3v) is 4.92. The molecule has 0 atom stereocenters. The number of amides is 1. The molecule has 0 bridgehead atoms. The number of ketones is 1. The Hall–Kier alpha value is -2.41. The van der Waals surface area contributed by atoms with Gasteiger partial charge in [-0.05, 0) is 43.7 Å². The maximum absolute atomic E-state index is 13.1. The molecule has 0 spiro atoms. The number of hydrogen-bond donors (Lipinski definition) is 1. The first-order valence-corrected chi connectivity index (χ1v) is 9.87. The molecule has 150 valence electrons. The molecule has 3 rings (SSSR count). The molecule has 0 saturated heterocycles. The fraction of sp³-hybridized carbons (Fsp3) is 0.200. The zero-order valence-corrected chi connectivity index (χ0v) is 18.2. The number of aromatic nitrogens is 3. The van der Waals surface area contributed by atoms with Crippen LogP contribution in [0.2, 0.25) is 15.1 Å². The van der Waals surface area contributed by atoms with Crippen LogP contribution >= 0.6 is 34.8 Å². The van der Waals surface area contributed by atoms with Gasteiger partial charge in [0.1, 0.15) is 5.69 Å². The van der Waals surface area contributed by atoms with E-state index in [9.17, 15) is 9.59 Å². The summed E-state index contributed by atoms with van der Waals surface area (Å²) in [5.74, 6) is -0.320. The van der Waals surface area contributed by atoms with Gasteiger partial charge in [0.25, 0.3) is 5.91 Å². The van der Waals surface area contributed by atoms with Gasteiger partial charge in [-0.1, -0.05) is 41.7 Å². The number of benzene rings is 1. The Morgan fingerprint density at radius 3 is 2.45 bits per heavy atom. The number of hydrogen-bond acceptors (Lipinski definition) is 4. The minimum absolute atomic E-state index is 0.127. The zero-order valence-electron chi connectivity index (χ0n) is 15.9. The Bertz CT molecular complexity index is 1130. The summed E-state index contributed by atoms with van der Waals surface area (Å²) in [5.41, 5.74) is 2.25. The lowest BCUT2D eigenvalue weighted by Gasteiger charge is -2.14. The Morgan fingerprint density at radius 1 is 1.07 bits per heavy atom. The van der Waals surface area contributed by atoms with Gasteiger partial charge in [0.05, 0.1) is 21.4 Å². The van der Waals surface area contributed by atoms with Crippen LogP contribution < -0.4 is 5.32 Å². The topological polar surface area (TPSA) is 76.9 Å². The van der Waals surface area contributed by atoms with E-state index in [1.165, 1.54) is 16.9 Å². The fourth-order valence-corrected chi connectivity index (χ4v) is 3.62. The highest BCUT2D eigenvalue weighted by molar-refractivity contribution is 6.35. The quantitative estimate of drug-likeness (QED) is 0.506. The Labute approximate surface area is 182 Å². The maximum atomic E-state index is 13.1. The van der Waals surface area contributed by atoms with Crippen LogP contribution in [0.25, 0.3) is 5.82 Å². The molecule has 6 nitrogen and oxygen atoms in total. The molecule has 29 heavy (non-hydrogen) atoms. The fourth-order valence-electron chi connectivity index (χ4n) is 2.88. The molecule has 3 aromatic rings. The number of nitrogens with zero attached hydrogens (tertiary/aromatic N) is 3. The number of halogens is 3. The standard InChI is InChI=1S/C20H17Cl3N4O2/c1-4-17(28)14-7-12(21)5-10(2)18(14)25-20(29)16-6-11(3)26-27(16)19-15(23)8-13(22)9-24-19/h5-9H,4H2,1-3H3,(H,25,29). The molecule has 1 amide bonds. The molecule has 9 heteroatoms. The van der Waals surface area contributed by atoms with Crippen molar-refractivity contribution in [2.45, 2.75) is 27.2 Å². The van der Waals surface area contributed by atoms with Gasteiger partial charge in [-0.3, -0.25) is 9.59 Å². The molecular weight excluding hydrogens is 435 g/mol. The molecular formula is C20H17Cl3N4O2. The zero-order chi connectivity index (χ0) is 21.3. The van der Waals surface area contributed by atoms with Gasteiger partial charge in [0, 0.05) is 23.2 Å². The van der Waals surface area contributed by atoms with Crippen LogP contribution in [0.3, 0.4) is 0 Å². The van der Waals surface area contributed by atoms with Crippen LogP contribution in [0.5, 0.6) is 0 Å². The van der Waals surface area contributed by atoms with Crippen LogP contribution in [0.1, 0.15) is 45.4 Å². The van der Waals surface area contributed by atoms with Gasteiger partial charge >= 0.3 is 0 Å². The first kappa shape index (κ1) is 21.3. The minimum atomic E-state index is -0.464. The van der Waals surface area contributed by atoms with Crippen molar-refractivity contribution in [3.8, 4) is 5.82 Å². The lowest BCUT2D eigenvalue weighted by Crippen LogP contribution is -2.20. The first-order valence-electron chi connectivity index (χ1n) is 8.74. The smallest absolute Gasteiger partial charge is 0.274 e. The predicted molar refractivity (Wildman–Crippen MR) is 115 cm³/mol. The second-order valence-corrected chi connectivity index (χ2v) is 7.70. The highest BCUT2D eigenvalue weighted by Crippen LogP contribution is 2.28. The normalized spacial score (nSPS) is 10.8. The Morgan fingerprint density at radius 2 is 1.79 bits per heavy atom. The number of Topliss-reactive ketones (excluding diaryl/α,β-unsaturated/α-hetero) is 1. The van der Waals surface area contributed by atoms with E-state index in [4.69, 9.17) is 34.8 Å². The molecule has 0 saturated carbocycles. The van der Waals surface area contributed by atoms with Gasteiger partial charge < -0.3 is 5.32 Å². The number of anilines is 1. The van der Waals surface area contributed by atoms with Crippen molar-refractivity contribution in [3.05, 3.63) is 68.0 Å². The van der Waals surface area contributed by atoms with Crippen LogP contribution in [-0.2, 0) is 0 Å². The van der Waals surface area contributed by atoms with E-state index in [0.29, 0.717) is 32.6 Å². The molecule has 1 N–H and O–H groups in total. The number of pyridine rings is 1. The molecule has 0 aliphatic rings. The van der Waals surface area contributed by atoms with E-state index in [2.05, 4.69) is 15.4 Å². The van der Waals surface area contributed by atoms with E-state index in [-0.39, 0.29) is 28.7 Å². The second-order valence-electron chi connectivity index (χ2n) is 6.42. The first-order chi connectivity index (χ1) is 13.7. The highest BCUT2D eigenvalue weighted by atomic mass is 35.5. The third kappa shape index (κ3) is 4.45. The summed E-state index contributed by atoms with van der Waals surface area (Å²) in [4.78, 5) is 29.6. The van der Waals surface area contributed by atoms with Crippen molar-refractivity contribution in [2.75, 3.05) is 5.32 Å². The molecule has 0 aliphatic carbocycles. The van der Waals surface area contributed by atoms with Crippen molar-refractivity contribution in [1.29, 1.82) is 0 Å². The van der Waals surface area contributed by atoms with Gasteiger partial charge in [-0.25, -0.2) is 9.67 Å². The number of rotatable bonds is 5. The molecule has 1 aromatic carbocycles. The molecule has 0 unspecified atom stereocenters. The van der Waals surface area contributed by atoms with Gasteiger partial charge in [0.15, 0.2) is 11.6 Å². The van der Waals surface area contributed by atoms with Crippen molar-refractivity contribution >= 4 is 52.2 Å². The van der Waals surface area contributed by atoms with Crippen LogP contribution in [0.4, 0.5) is 5.69 Å². The van der Waals surface area contributed by atoms with E-state index in [1.54, 1.807) is 39.0 Å². The third-order valence-electron chi connectivity index (χ3n) is 4.21. The Balaban J connectivity index is 2.05. The highest BCUT2D eigenvalue weighted by Gasteiger charge is 2.21. The number of nitrogens with one attached hydrogen (secondary N) is 1. The maximum Gasteiger partial charge on any atom is 0.274 e. The van der Waals surface area contributed by atoms with E-state index in [1.807, 2.05) is 0 Å². The summed E-state index contributed by atoms with van der Waals surface area (Å²) in [5, 5.41) is 8.18. The molecule has 0 radical (unpaired) electrons. The molecule has 2 aromatic heterocycles. The number of aryl methyl sites for hydroxylation is 2. The largest absolute Gasteiger partial charge is 0.320 e. The molecule has 0 fully saturated rings. The average molecular weight is 452 g/mol. The SMILES string of the molecule is CCC(=O)c1cc(Cl)cc(C)c1NC(=O)c1cc(C)nn1-c1ncc(Cl)cc1Cl. The minimum Gasteiger partial charge on any atom is -0.320 e. The van der Waals surface area contributed by atoms with Crippen molar-refractivity contribution in [3.63, 3.8) is 0 Å². The van der Waals surface area contributed by atoms with E-state index in [0.717, 1.165) is 0 Å². The lowest BCUT2D eigenvalue weighted by molar-refractivity contribution is 0.0989. The van der Waals surface area contributed by atoms with E-state index >= 15 is 0 Å². The monoisotopic (exact) mass is 450 g/mol. The van der Waals surface area contributed by atoms with Crippen molar-refractivity contribution < 1.29 is 9.59 Å². The van der Waals surface area contributed by atoms with Crippen LogP contribution in [-0.4, -0.2) is 26.5 Å². The molecule has 0 aliphatic heterocycles. The second kappa shape index (κ2) is 8.53. The summed E-state index contributed by atoms with van der Waals surface area (Å²) in [6.07, 6.45) is 1.70. The lowest BCUT2D eigenvalue weighted by atomic mass is 10.0. The predicted octanol–water partition coefficient (Wildman–Crippen LogP) is 5.69. The van der Waals surface area contributed by atoms with Gasteiger partial charge in [-0.2, -0.15) is 5.10 Å². The van der Waals surface area contributed by atoms with Crippen LogP contribution in [0.15, 0.2) is 30.5 Å². The van der Waals surface area contributed by atoms with Crippen LogP contribution in [0, 0.1) is 13.8 Å². The summed E-state index contributed by atoms with van der Waals surface area (Å²) < 4.78 is 1.34. The van der Waals surface area contributed by atoms with Gasteiger partial charge in [-0.15, -0.1) is 0 Å². The summed E-state index contributed by atoms with van der Waals surface area (Å²) in [7, 11) is 0. The summed E-state index contributed by atoms with van der Waals surface area (Å²) in [6.45, 7) is 5.27. The summed E-state index contributed by atoms with van der Waals surface area (Å²) >= 11 is 18.3. The Kier molecular flexibility index (Phi) is 6.27. The molecule has 2 heterocycles. The van der Waals surface area contributed by atoms with Crippen molar-refractivity contribution in [2.24, 2.45) is 0 Å². The number of carbonyl (C=O) groups excluding carboxylic acids is 2.